The molecule has 3 heterocycles. The van der Waals surface area contributed by atoms with Gasteiger partial charge in [0, 0.05) is 55.9 Å². The van der Waals surface area contributed by atoms with Crippen molar-refractivity contribution in [2.45, 2.75) is 13.1 Å². The molecule has 1 aliphatic heterocycles. The lowest BCUT2D eigenvalue weighted by Gasteiger charge is -2.34. The first-order valence-corrected chi connectivity index (χ1v) is 12.1. The second kappa shape index (κ2) is 10.7. The van der Waals surface area contributed by atoms with Crippen molar-refractivity contribution in [3.63, 3.8) is 0 Å². The number of hydrogen-bond donors (Lipinski definition) is 0. The van der Waals surface area contributed by atoms with Crippen LogP contribution >= 0.6 is 0 Å². The van der Waals surface area contributed by atoms with E-state index in [2.05, 4.69) is 21.1 Å². The molecular formula is C28H28N6O3. The number of benzene rings is 2. The lowest BCUT2D eigenvalue weighted by molar-refractivity contribution is 0.0628. The molecule has 2 aromatic carbocycles. The summed E-state index contributed by atoms with van der Waals surface area (Å²) in [4.78, 5) is 22.0. The SMILES string of the molecule is COc1ccc(Cn2ncc3cc(C(=O)N4CCN(Cc5ccc(C#N)cc5)CC4)cnc32)c(OC)c1. The number of hydrogen-bond acceptors (Lipinski definition) is 7. The van der Waals surface area contributed by atoms with E-state index in [1.54, 1.807) is 31.3 Å². The number of ether oxygens (including phenoxy) is 2. The molecule has 188 valence electrons. The minimum Gasteiger partial charge on any atom is -0.497 e. The molecule has 5 rings (SSSR count). The summed E-state index contributed by atoms with van der Waals surface area (Å²) in [6, 6.07) is 17.3. The third-order valence-corrected chi connectivity index (χ3v) is 6.69. The molecule has 0 unspecified atom stereocenters. The second-order valence-electron chi connectivity index (χ2n) is 8.99. The smallest absolute Gasteiger partial charge is 0.255 e. The highest BCUT2D eigenvalue weighted by atomic mass is 16.5. The maximum atomic E-state index is 13.2. The lowest BCUT2D eigenvalue weighted by Crippen LogP contribution is -2.48. The Balaban J connectivity index is 1.23. The molecule has 0 spiro atoms. The first-order chi connectivity index (χ1) is 18.1. The summed E-state index contributed by atoms with van der Waals surface area (Å²) in [7, 11) is 3.25. The second-order valence-corrected chi connectivity index (χ2v) is 8.99. The molecule has 0 saturated carbocycles. The number of aromatic nitrogens is 3. The van der Waals surface area contributed by atoms with Crippen molar-refractivity contribution in [1.29, 1.82) is 5.26 Å². The van der Waals surface area contributed by atoms with Crippen molar-refractivity contribution >= 4 is 16.9 Å². The Morgan fingerprint density at radius 2 is 1.76 bits per heavy atom. The summed E-state index contributed by atoms with van der Waals surface area (Å²) < 4.78 is 12.6. The van der Waals surface area contributed by atoms with Crippen LogP contribution in [0.5, 0.6) is 11.5 Å². The van der Waals surface area contributed by atoms with Gasteiger partial charge >= 0.3 is 0 Å². The van der Waals surface area contributed by atoms with Crippen LogP contribution in [0.4, 0.5) is 0 Å². The molecule has 9 heteroatoms. The van der Waals surface area contributed by atoms with Gasteiger partial charge in [-0.15, -0.1) is 0 Å². The van der Waals surface area contributed by atoms with E-state index in [1.165, 1.54) is 0 Å². The molecule has 1 saturated heterocycles. The van der Waals surface area contributed by atoms with E-state index in [1.807, 2.05) is 53.4 Å². The molecule has 1 aliphatic rings. The third-order valence-electron chi connectivity index (χ3n) is 6.69. The number of pyridine rings is 1. The standard InChI is InChI=1S/C28H28N6O3/c1-36-25-8-7-22(26(14-25)37-2)19-34-27-23(17-31-34)13-24(16-30-27)28(35)33-11-9-32(10-12-33)18-21-5-3-20(15-29)4-6-21/h3-8,13-14,16-17H,9-12,18-19H2,1-2H3. The minimum absolute atomic E-state index is 0.0167. The highest BCUT2D eigenvalue weighted by Gasteiger charge is 2.23. The topological polar surface area (TPSA) is 96.5 Å². The quantitative estimate of drug-likeness (QED) is 0.387. The van der Waals surface area contributed by atoms with Crippen LogP contribution in [0.1, 0.15) is 27.0 Å². The molecule has 1 amide bonds. The van der Waals surface area contributed by atoms with Crippen LogP contribution in [0.2, 0.25) is 0 Å². The van der Waals surface area contributed by atoms with Gasteiger partial charge in [0.1, 0.15) is 11.5 Å². The van der Waals surface area contributed by atoms with Crippen LogP contribution in [0.25, 0.3) is 11.0 Å². The zero-order valence-electron chi connectivity index (χ0n) is 20.9. The van der Waals surface area contributed by atoms with Gasteiger partial charge in [-0.3, -0.25) is 9.69 Å². The van der Waals surface area contributed by atoms with E-state index >= 15 is 0 Å². The van der Waals surface area contributed by atoms with Gasteiger partial charge in [-0.2, -0.15) is 10.4 Å². The van der Waals surface area contributed by atoms with E-state index in [-0.39, 0.29) is 5.91 Å². The fourth-order valence-corrected chi connectivity index (χ4v) is 4.58. The van der Waals surface area contributed by atoms with Gasteiger partial charge in [0.2, 0.25) is 0 Å². The maximum absolute atomic E-state index is 13.2. The molecule has 0 aliphatic carbocycles. The summed E-state index contributed by atoms with van der Waals surface area (Å²) in [5.41, 5.74) is 4.05. The Labute approximate surface area is 215 Å². The van der Waals surface area contributed by atoms with Gasteiger partial charge in [-0.05, 0) is 35.9 Å². The number of nitrogens with zero attached hydrogens (tertiary/aromatic N) is 6. The van der Waals surface area contributed by atoms with Crippen LogP contribution < -0.4 is 9.47 Å². The number of amides is 1. The average Bonchev–Trinajstić information content (AvgIpc) is 3.35. The Morgan fingerprint density at radius 1 is 0.973 bits per heavy atom. The predicted molar refractivity (Wildman–Crippen MR) is 139 cm³/mol. The summed E-state index contributed by atoms with van der Waals surface area (Å²) in [5, 5.41) is 14.3. The van der Waals surface area contributed by atoms with E-state index in [4.69, 9.17) is 14.7 Å². The largest absolute Gasteiger partial charge is 0.497 e. The number of methoxy groups -OCH3 is 2. The van der Waals surface area contributed by atoms with Gasteiger partial charge in [-0.25, -0.2) is 9.67 Å². The van der Waals surface area contributed by atoms with Gasteiger partial charge in [-0.1, -0.05) is 12.1 Å². The van der Waals surface area contributed by atoms with E-state index in [0.717, 1.165) is 41.9 Å². The first kappa shape index (κ1) is 24.3. The number of rotatable bonds is 7. The molecule has 9 nitrogen and oxygen atoms in total. The van der Waals surface area contributed by atoms with E-state index < -0.39 is 0 Å². The minimum atomic E-state index is -0.0167. The van der Waals surface area contributed by atoms with Crippen molar-refractivity contribution in [2.24, 2.45) is 0 Å². The molecule has 0 atom stereocenters. The fourth-order valence-electron chi connectivity index (χ4n) is 4.58. The number of fused-ring (bicyclic) bond motifs is 1. The number of nitriles is 1. The molecule has 0 radical (unpaired) electrons. The highest BCUT2D eigenvalue weighted by Crippen LogP contribution is 2.26. The predicted octanol–water partition coefficient (Wildman–Crippen LogP) is 3.33. The van der Waals surface area contributed by atoms with Gasteiger partial charge in [0.25, 0.3) is 5.91 Å². The van der Waals surface area contributed by atoms with Crippen molar-refractivity contribution in [3.8, 4) is 17.6 Å². The van der Waals surface area contributed by atoms with Crippen LogP contribution in [0, 0.1) is 11.3 Å². The number of piperazine rings is 1. The van der Waals surface area contributed by atoms with E-state index in [9.17, 15) is 4.79 Å². The first-order valence-electron chi connectivity index (χ1n) is 12.1. The maximum Gasteiger partial charge on any atom is 0.255 e. The molecule has 2 aromatic heterocycles. The summed E-state index contributed by atoms with van der Waals surface area (Å²) in [6.07, 6.45) is 3.38. The molecule has 37 heavy (non-hydrogen) atoms. The number of carbonyl (C=O) groups excluding carboxylic acids is 1. The Morgan fingerprint density at radius 3 is 2.46 bits per heavy atom. The van der Waals surface area contributed by atoms with Crippen molar-refractivity contribution in [2.75, 3.05) is 40.4 Å². The highest BCUT2D eigenvalue weighted by molar-refractivity contribution is 5.96. The van der Waals surface area contributed by atoms with Crippen molar-refractivity contribution in [3.05, 3.63) is 83.2 Å². The molecule has 1 fully saturated rings. The zero-order valence-corrected chi connectivity index (χ0v) is 20.9. The number of carbonyl (C=O) groups is 1. The summed E-state index contributed by atoms with van der Waals surface area (Å²) in [5.74, 6) is 1.42. The van der Waals surface area contributed by atoms with Crippen LogP contribution in [-0.4, -0.2) is 70.9 Å². The van der Waals surface area contributed by atoms with Gasteiger partial charge in [0.15, 0.2) is 5.65 Å². The van der Waals surface area contributed by atoms with Crippen LogP contribution in [-0.2, 0) is 13.1 Å². The third kappa shape index (κ3) is 5.25. The average molecular weight is 497 g/mol. The summed E-state index contributed by atoms with van der Waals surface area (Å²) in [6.45, 7) is 4.19. The summed E-state index contributed by atoms with van der Waals surface area (Å²) >= 11 is 0. The van der Waals surface area contributed by atoms with Crippen molar-refractivity contribution < 1.29 is 14.3 Å². The monoisotopic (exact) mass is 496 g/mol. The van der Waals surface area contributed by atoms with Crippen LogP contribution in [0.15, 0.2) is 60.9 Å². The lowest BCUT2D eigenvalue weighted by atomic mass is 10.1. The van der Waals surface area contributed by atoms with Gasteiger partial charge in [0.05, 0.1) is 44.2 Å². The van der Waals surface area contributed by atoms with Crippen molar-refractivity contribution in [1.82, 2.24) is 24.6 Å². The molecule has 0 bridgehead atoms. The van der Waals surface area contributed by atoms with Gasteiger partial charge < -0.3 is 14.4 Å². The Bertz CT molecular complexity index is 1450. The Kier molecular flexibility index (Phi) is 7.01. The van der Waals surface area contributed by atoms with E-state index in [0.29, 0.717) is 42.2 Å². The fraction of sp³-hybridized carbons (Fsp3) is 0.286. The molecular weight excluding hydrogens is 468 g/mol. The van der Waals surface area contributed by atoms with Crippen LogP contribution in [0.3, 0.4) is 0 Å². The normalized spacial score (nSPS) is 13.9. The Hall–Kier alpha value is -4.42. The zero-order chi connectivity index (χ0) is 25.8. The molecule has 4 aromatic rings. The molecule has 0 N–H and O–H groups in total.